The molecule has 0 bridgehead atoms. The van der Waals surface area contributed by atoms with Crippen molar-refractivity contribution >= 4 is 36.0 Å². The van der Waals surface area contributed by atoms with Gasteiger partial charge in [-0.1, -0.05) is 0 Å². The molecule has 1 atom stereocenters. The molecule has 2 rings (SSSR count). The van der Waals surface area contributed by atoms with E-state index in [1.54, 1.807) is 19.2 Å². The van der Waals surface area contributed by atoms with Gasteiger partial charge in [0.15, 0.2) is 5.96 Å². The van der Waals surface area contributed by atoms with Gasteiger partial charge in [-0.25, -0.2) is 9.18 Å². The topological polar surface area (TPSA) is 75.2 Å². The average Bonchev–Trinajstić information content (AvgIpc) is 3.09. The maximum absolute atomic E-state index is 12.9. The highest BCUT2D eigenvalue weighted by Crippen LogP contribution is 2.13. The average molecular weight is 536 g/mol. The lowest BCUT2D eigenvalue weighted by atomic mass is 10.2. The van der Waals surface area contributed by atoms with Gasteiger partial charge in [-0.2, -0.15) is 0 Å². The van der Waals surface area contributed by atoms with Crippen LogP contribution in [0, 0.1) is 5.82 Å². The molecular weight excluding hydrogens is 502 g/mol. The number of hydrogen-bond acceptors (Lipinski definition) is 4. The maximum Gasteiger partial charge on any atom is 0.407 e. The third-order valence-corrected chi connectivity index (χ3v) is 4.36. The minimum absolute atomic E-state index is 0. The highest BCUT2D eigenvalue weighted by Gasteiger charge is 2.27. The number of carbonyl (C=O) groups excluding carboxylic acids is 1. The fraction of sp³-hybridized carbons (Fsp3) is 0.619. The normalized spacial score (nSPS) is 16.6. The third-order valence-electron chi connectivity index (χ3n) is 4.36. The number of unbranched alkanes of at least 4 members (excludes halogenated alkanes) is 1. The van der Waals surface area contributed by atoms with Crippen LogP contribution in [0.1, 0.15) is 40.0 Å². The van der Waals surface area contributed by atoms with E-state index in [-0.39, 0.29) is 41.9 Å². The number of alkyl carbamates (subject to hydrolysis) is 1. The van der Waals surface area contributed by atoms with Crippen LogP contribution in [0.5, 0.6) is 5.75 Å². The highest BCUT2D eigenvalue weighted by molar-refractivity contribution is 14.0. The molecule has 1 aromatic rings. The first-order chi connectivity index (χ1) is 13.8. The second-order valence-corrected chi connectivity index (χ2v) is 8.06. The molecule has 1 aliphatic heterocycles. The van der Waals surface area contributed by atoms with E-state index in [1.807, 2.05) is 20.8 Å². The molecule has 9 heteroatoms. The van der Waals surface area contributed by atoms with Gasteiger partial charge in [-0.05, 0) is 64.3 Å². The van der Waals surface area contributed by atoms with E-state index >= 15 is 0 Å². The van der Waals surface area contributed by atoms with Gasteiger partial charge in [0.2, 0.25) is 0 Å². The minimum atomic E-state index is -0.500. The van der Waals surface area contributed by atoms with Crippen LogP contribution in [0.3, 0.4) is 0 Å². The number of guanidine groups is 1. The Labute approximate surface area is 195 Å². The minimum Gasteiger partial charge on any atom is -0.494 e. The van der Waals surface area contributed by atoms with E-state index in [1.165, 1.54) is 12.1 Å². The summed E-state index contributed by atoms with van der Waals surface area (Å²) in [6, 6.07) is 6.09. The molecule has 0 aromatic heterocycles. The van der Waals surface area contributed by atoms with Gasteiger partial charge in [0.25, 0.3) is 0 Å². The molecule has 1 amide bonds. The molecule has 1 heterocycles. The first kappa shape index (κ1) is 26.3. The zero-order valence-electron chi connectivity index (χ0n) is 18.2. The molecule has 30 heavy (non-hydrogen) atoms. The number of ether oxygens (including phenoxy) is 2. The van der Waals surface area contributed by atoms with Crippen molar-refractivity contribution in [3.8, 4) is 5.75 Å². The van der Waals surface area contributed by atoms with Gasteiger partial charge >= 0.3 is 6.09 Å². The third kappa shape index (κ3) is 9.82. The van der Waals surface area contributed by atoms with Crippen LogP contribution in [-0.2, 0) is 4.74 Å². The number of benzene rings is 1. The van der Waals surface area contributed by atoms with E-state index in [9.17, 15) is 9.18 Å². The summed E-state index contributed by atoms with van der Waals surface area (Å²) in [6.07, 6.45) is 2.27. The zero-order valence-corrected chi connectivity index (χ0v) is 20.6. The lowest BCUT2D eigenvalue weighted by Gasteiger charge is -2.23. The first-order valence-electron chi connectivity index (χ1n) is 10.1. The Morgan fingerprint density at radius 3 is 2.60 bits per heavy atom. The summed E-state index contributed by atoms with van der Waals surface area (Å²) < 4.78 is 23.8. The van der Waals surface area contributed by atoms with E-state index in [0.717, 1.165) is 38.3 Å². The summed E-state index contributed by atoms with van der Waals surface area (Å²) in [5.41, 5.74) is -0.500. The Hall–Kier alpha value is -1.78. The number of likely N-dealkylation sites (tertiary alicyclic amines) is 1. The lowest BCUT2D eigenvalue weighted by Crippen LogP contribution is -2.44. The fourth-order valence-corrected chi connectivity index (χ4v) is 3.03. The molecule has 1 unspecified atom stereocenters. The van der Waals surface area contributed by atoms with E-state index < -0.39 is 5.60 Å². The molecule has 0 saturated carbocycles. The van der Waals surface area contributed by atoms with Crippen molar-refractivity contribution in [3.63, 3.8) is 0 Å². The Kier molecular flexibility index (Phi) is 11.2. The second kappa shape index (κ2) is 12.8. The molecule has 1 aromatic carbocycles. The van der Waals surface area contributed by atoms with Gasteiger partial charge in [-0.15, -0.1) is 24.0 Å². The van der Waals surface area contributed by atoms with Crippen LogP contribution in [0.2, 0.25) is 0 Å². The van der Waals surface area contributed by atoms with Gasteiger partial charge in [-0.3, -0.25) is 4.99 Å². The fourth-order valence-electron chi connectivity index (χ4n) is 3.03. The molecule has 7 nitrogen and oxygen atoms in total. The molecule has 1 saturated heterocycles. The summed E-state index contributed by atoms with van der Waals surface area (Å²) >= 11 is 0. The van der Waals surface area contributed by atoms with Crippen LogP contribution < -0.4 is 15.4 Å². The number of nitrogens with zero attached hydrogens (tertiary/aromatic N) is 2. The van der Waals surface area contributed by atoms with Crippen LogP contribution >= 0.6 is 24.0 Å². The second-order valence-electron chi connectivity index (χ2n) is 8.06. The predicted molar refractivity (Wildman–Crippen MR) is 127 cm³/mol. The largest absolute Gasteiger partial charge is 0.494 e. The molecule has 0 radical (unpaired) electrons. The van der Waals surface area contributed by atoms with E-state index in [4.69, 9.17) is 9.47 Å². The standard InChI is InChI=1S/C21H33FN4O3.HI/c1-21(2,3)29-20(27)25-17-11-13-26(15-17)19(23-4)24-12-5-6-14-28-18-9-7-16(22)8-10-18;/h7-10,17H,5-6,11-15H2,1-4H3,(H,23,24)(H,25,27);1H. The summed E-state index contributed by atoms with van der Waals surface area (Å²) in [4.78, 5) is 18.4. The van der Waals surface area contributed by atoms with Gasteiger partial charge in [0.1, 0.15) is 17.2 Å². The number of amides is 1. The van der Waals surface area contributed by atoms with Gasteiger partial charge < -0.3 is 25.0 Å². The van der Waals surface area contributed by atoms with Crippen molar-refractivity contribution in [2.24, 2.45) is 4.99 Å². The monoisotopic (exact) mass is 536 g/mol. The maximum atomic E-state index is 12.9. The predicted octanol–water partition coefficient (Wildman–Crippen LogP) is 3.78. The molecule has 2 N–H and O–H groups in total. The SMILES string of the molecule is CN=C(NCCCCOc1ccc(F)cc1)N1CCC(NC(=O)OC(C)(C)C)C1.I. The van der Waals surface area contributed by atoms with Crippen molar-refractivity contribution in [3.05, 3.63) is 30.1 Å². The zero-order chi connectivity index (χ0) is 21.3. The van der Waals surface area contributed by atoms with E-state index in [0.29, 0.717) is 18.9 Å². The van der Waals surface area contributed by atoms with E-state index in [2.05, 4.69) is 20.5 Å². The van der Waals surface area contributed by atoms with Gasteiger partial charge in [0.05, 0.1) is 12.6 Å². The Morgan fingerprint density at radius 2 is 1.97 bits per heavy atom. The number of nitrogens with one attached hydrogen (secondary N) is 2. The van der Waals surface area contributed by atoms with Gasteiger partial charge in [0, 0.05) is 26.7 Å². The lowest BCUT2D eigenvalue weighted by molar-refractivity contribution is 0.0507. The molecule has 170 valence electrons. The number of rotatable bonds is 7. The number of hydrogen-bond donors (Lipinski definition) is 2. The van der Waals surface area contributed by atoms with Crippen molar-refractivity contribution < 1.29 is 18.7 Å². The van der Waals surface area contributed by atoms with Crippen LogP contribution in [0.25, 0.3) is 0 Å². The molecule has 0 spiro atoms. The molecule has 1 aliphatic rings. The van der Waals surface area contributed by atoms with Crippen LogP contribution in [0.4, 0.5) is 9.18 Å². The Bertz CT molecular complexity index is 680. The molecule has 0 aliphatic carbocycles. The molecular formula is C21H34FIN4O3. The summed E-state index contributed by atoms with van der Waals surface area (Å²) in [7, 11) is 1.76. The smallest absolute Gasteiger partial charge is 0.407 e. The first-order valence-corrected chi connectivity index (χ1v) is 10.1. The van der Waals surface area contributed by atoms with Crippen molar-refractivity contribution in [2.75, 3.05) is 33.3 Å². The quantitative estimate of drug-likeness (QED) is 0.240. The van der Waals surface area contributed by atoms with Crippen molar-refractivity contribution in [2.45, 2.75) is 51.7 Å². The number of halogens is 2. The molecule has 1 fully saturated rings. The number of carbonyl (C=O) groups is 1. The van der Waals surface area contributed by atoms with Crippen LogP contribution in [-0.4, -0.2) is 61.9 Å². The van der Waals surface area contributed by atoms with Crippen LogP contribution in [0.15, 0.2) is 29.3 Å². The Balaban J connectivity index is 0.00000450. The number of aliphatic imine (C=N–C) groups is 1. The van der Waals surface area contributed by atoms with Crippen molar-refractivity contribution in [1.29, 1.82) is 0 Å². The summed E-state index contributed by atoms with van der Waals surface area (Å²) in [5.74, 6) is 1.24. The summed E-state index contributed by atoms with van der Waals surface area (Å²) in [5, 5.41) is 6.28. The van der Waals surface area contributed by atoms with Crippen molar-refractivity contribution in [1.82, 2.24) is 15.5 Å². The Morgan fingerprint density at radius 1 is 1.27 bits per heavy atom. The summed E-state index contributed by atoms with van der Waals surface area (Å²) in [6.45, 7) is 8.44. The highest BCUT2D eigenvalue weighted by atomic mass is 127.